The average Bonchev–Trinajstić information content (AvgIpc) is 2.55. The van der Waals surface area contributed by atoms with Gasteiger partial charge < -0.3 is 14.8 Å². The minimum absolute atomic E-state index is 0.0954. The van der Waals surface area contributed by atoms with E-state index in [1.807, 2.05) is 48.5 Å². The van der Waals surface area contributed by atoms with Gasteiger partial charge >= 0.3 is 0 Å². The first-order valence-electron chi connectivity index (χ1n) is 7.13. The monoisotopic (exact) mass is 303 g/mol. The van der Waals surface area contributed by atoms with Crippen LogP contribution in [-0.4, -0.2) is 32.4 Å². The van der Waals surface area contributed by atoms with E-state index in [0.29, 0.717) is 6.61 Å². The second-order valence-corrected chi connectivity index (χ2v) is 5.39. The number of benzene rings is 2. The lowest BCUT2D eigenvalue weighted by molar-refractivity contribution is 0.000317. The second-order valence-electron chi connectivity index (χ2n) is 4.98. The van der Waals surface area contributed by atoms with Crippen molar-refractivity contribution in [2.75, 3.05) is 26.3 Å². The second kappa shape index (κ2) is 6.94. The van der Waals surface area contributed by atoms with Gasteiger partial charge in [-0.1, -0.05) is 48.0 Å². The topological polar surface area (TPSA) is 30.5 Å². The molecule has 4 heteroatoms. The zero-order valence-corrected chi connectivity index (χ0v) is 12.5. The van der Waals surface area contributed by atoms with E-state index in [-0.39, 0.29) is 6.10 Å². The molecule has 1 N–H and O–H groups in total. The molecule has 1 aliphatic rings. The Kier molecular flexibility index (Phi) is 4.76. The van der Waals surface area contributed by atoms with Gasteiger partial charge in [-0.2, -0.15) is 0 Å². The summed E-state index contributed by atoms with van der Waals surface area (Å²) in [6, 6.07) is 15.7. The van der Waals surface area contributed by atoms with Gasteiger partial charge in [0.15, 0.2) is 0 Å². The number of ether oxygens (including phenoxy) is 2. The molecule has 0 aromatic heterocycles. The molecule has 1 aliphatic heterocycles. The Morgan fingerprint density at radius 2 is 1.86 bits per heavy atom. The fraction of sp³-hybridized carbons (Fsp3) is 0.294. The molecule has 21 heavy (non-hydrogen) atoms. The van der Waals surface area contributed by atoms with Crippen molar-refractivity contribution in [1.82, 2.24) is 5.32 Å². The Morgan fingerprint density at radius 3 is 2.62 bits per heavy atom. The lowest BCUT2D eigenvalue weighted by atomic mass is 10.0. The molecule has 3 rings (SSSR count). The molecule has 1 saturated heterocycles. The largest absolute Gasteiger partial charge is 0.490 e. The highest BCUT2D eigenvalue weighted by Gasteiger charge is 2.15. The van der Waals surface area contributed by atoms with Crippen LogP contribution in [-0.2, 0) is 4.74 Å². The minimum atomic E-state index is 0.0954. The van der Waals surface area contributed by atoms with Crippen molar-refractivity contribution < 1.29 is 9.47 Å². The number of morpholine rings is 1. The summed E-state index contributed by atoms with van der Waals surface area (Å²) in [6.45, 7) is 3.01. The Balaban J connectivity index is 1.78. The van der Waals surface area contributed by atoms with Crippen molar-refractivity contribution in [2.24, 2.45) is 0 Å². The Bertz CT molecular complexity index is 597. The molecular formula is C17H18ClNO2. The fourth-order valence-corrected chi connectivity index (χ4v) is 2.64. The summed E-state index contributed by atoms with van der Waals surface area (Å²) in [6.07, 6.45) is 0.0954. The van der Waals surface area contributed by atoms with Crippen LogP contribution in [0.4, 0.5) is 0 Å². The van der Waals surface area contributed by atoms with Gasteiger partial charge in [0, 0.05) is 29.2 Å². The zero-order valence-electron chi connectivity index (χ0n) is 11.7. The van der Waals surface area contributed by atoms with E-state index in [2.05, 4.69) is 5.32 Å². The standard InChI is InChI=1S/C17H18ClNO2/c18-16-7-3-1-5-14(16)15-6-2-4-8-17(15)21-12-13-11-19-9-10-20-13/h1-8,13,19H,9-12H2. The van der Waals surface area contributed by atoms with Crippen LogP contribution in [0.15, 0.2) is 48.5 Å². The van der Waals surface area contributed by atoms with Crippen LogP contribution in [0.25, 0.3) is 11.1 Å². The van der Waals surface area contributed by atoms with E-state index in [0.717, 1.165) is 41.6 Å². The van der Waals surface area contributed by atoms with E-state index in [9.17, 15) is 0 Å². The van der Waals surface area contributed by atoms with Crippen LogP contribution in [0.1, 0.15) is 0 Å². The first-order chi connectivity index (χ1) is 10.3. The van der Waals surface area contributed by atoms with E-state index in [4.69, 9.17) is 21.1 Å². The predicted molar refractivity (Wildman–Crippen MR) is 85.0 cm³/mol. The van der Waals surface area contributed by atoms with Crippen molar-refractivity contribution in [3.05, 3.63) is 53.6 Å². The molecule has 3 nitrogen and oxygen atoms in total. The molecule has 1 fully saturated rings. The molecule has 0 radical (unpaired) electrons. The Labute approximate surface area is 129 Å². The van der Waals surface area contributed by atoms with E-state index in [1.165, 1.54) is 0 Å². The normalized spacial score (nSPS) is 18.4. The third-order valence-corrected chi connectivity index (χ3v) is 3.81. The molecule has 2 aromatic carbocycles. The van der Waals surface area contributed by atoms with Gasteiger partial charge in [0.25, 0.3) is 0 Å². The zero-order chi connectivity index (χ0) is 14.5. The maximum atomic E-state index is 6.29. The van der Waals surface area contributed by atoms with Gasteiger partial charge in [0.2, 0.25) is 0 Å². The van der Waals surface area contributed by atoms with Gasteiger partial charge in [-0.3, -0.25) is 0 Å². The Morgan fingerprint density at radius 1 is 1.10 bits per heavy atom. The highest BCUT2D eigenvalue weighted by Crippen LogP contribution is 2.34. The summed E-state index contributed by atoms with van der Waals surface area (Å²) >= 11 is 6.29. The molecular weight excluding hydrogens is 286 g/mol. The lowest BCUT2D eigenvalue weighted by Gasteiger charge is -2.24. The fourth-order valence-electron chi connectivity index (χ4n) is 2.40. The minimum Gasteiger partial charge on any atom is -0.490 e. The number of nitrogens with one attached hydrogen (secondary N) is 1. The molecule has 2 aromatic rings. The molecule has 0 bridgehead atoms. The van der Waals surface area contributed by atoms with Crippen LogP contribution in [0, 0.1) is 0 Å². The first-order valence-corrected chi connectivity index (χ1v) is 7.51. The molecule has 0 amide bonds. The predicted octanol–water partition coefficient (Wildman–Crippen LogP) is 3.37. The summed E-state index contributed by atoms with van der Waals surface area (Å²) in [7, 11) is 0. The van der Waals surface area contributed by atoms with E-state index >= 15 is 0 Å². The number of hydrogen-bond acceptors (Lipinski definition) is 3. The number of hydrogen-bond donors (Lipinski definition) is 1. The molecule has 1 atom stereocenters. The summed E-state index contributed by atoms with van der Waals surface area (Å²) in [5.74, 6) is 0.833. The highest BCUT2D eigenvalue weighted by molar-refractivity contribution is 6.33. The summed E-state index contributed by atoms with van der Waals surface area (Å²) in [4.78, 5) is 0. The molecule has 0 saturated carbocycles. The first kappa shape index (κ1) is 14.4. The lowest BCUT2D eigenvalue weighted by Crippen LogP contribution is -2.41. The maximum Gasteiger partial charge on any atom is 0.127 e. The summed E-state index contributed by atoms with van der Waals surface area (Å²) in [5.41, 5.74) is 1.99. The highest BCUT2D eigenvalue weighted by atomic mass is 35.5. The molecule has 0 aliphatic carbocycles. The third kappa shape index (κ3) is 3.56. The van der Waals surface area contributed by atoms with Crippen molar-refractivity contribution in [2.45, 2.75) is 6.10 Å². The molecule has 110 valence electrons. The van der Waals surface area contributed by atoms with Crippen molar-refractivity contribution in [3.63, 3.8) is 0 Å². The van der Waals surface area contributed by atoms with Gasteiger partial charge in [0.05, 0.1) is 6.61 Å². The third-order valence-electron chi connectivity index (χ3n) is 3.48. The van der Waals surface area contributed by atoms with Gasteiger partial charge in [-0.25, -0.2) is 0 Å². The number of para-hydroxylation sites is 1. The van der Waals surface area contributed by atoms with Crippen molar-refractivity contribution in [3.8, 4) is 16.9 Å². The van der Waals surface area contributed by atoms with E-state index in [1.54, 1.807) is 0 Å². The van der Waals surface area contributed by atoms with Gasteiger partial charge in [0.1, 0.15) is 18.5 Å². The summed E-state index contributed by atoms with van der Waals surface area (Å²) in [5, 5.41) is 4.03. The van der Waals surface area contributed by atoms with Crippen LogP contribution in [0.2, 0.25) is 5.02 Å². The molecule has 1 heterocycles. The average molecular weight is 304 g/mol. The van der Waals surface area contributed by atoms with E-state index < -0.39 is 0 Å². The van der Waals surface area contributed by atoms with Crippen LogP contribution in [0.3, 0.4) is 0 Å². The number of rotatable bonds is 4. The van der Waals surface area contributed by atoms with Crippen molar-refractivity contribution >= 4 is 11.6 Å². The van der Waals surface area contributed by atoms with Crippen LogP contribution in [0.5, 0.6) is 5.75 Å². The smallest absolute Gasteiger partial charge is 0.127 e. The summed E-state index contributed by atoms with van der Waals surface area (Å²) < 4.78 is 11.6. The maximum absolute atomic E-state index is 6.29. The molecule has 0 spiro atoms. The number of halogens is 1. The SMILES string of the molecule is Clc1ccccc1-c1ccccc1OCC1CNCCO1. The van der Waals surface area contributed by atoms with Gasteiger partial charge in [-0.05, 0) is 12.1 Å². The quantitative estimate of drug-likeness (QED) is 0.939. The van der Waals surface area contributed by atoms with Crippen molar-refractivity contribution in [1.29, 1.82) is 0 Å². The van der Waals surface area contributed by atoms with Gasteiger partial charge in [-0.15, -0.1) is 0 Å². The van der Waals surface area contributed by atoms with Crippen LogP contribution < -0.4 is 10.1 Å². The molecule has 1 unspecified atom stereocenters. The Hall–Kier alpha value is -1.55. The van der Waals surface area contributed by atoms with Crippen LogP contribution >= 0.6 is 11.6 Å².